The molecule has 1 saturated heterocycles. The number of nitrogens with zero attached hydrogens (tertiary/aromatic N) is 1. The molecule has 0 spiro atoms. The van der Waals surface area contributed by atoms with Gasteiger partial charge in [-0.3, -0.25) is 4.90 Å². The van der Waals surface area contributed by atoms with Crippen molar-refractivity contribution in [3.8, 4) is 0 Å². The summed E-state index contributed by atoms with van der Waals surface area (Å²) in [5.74, 6) is 0. The van der Waals surface area contributed by atoms with E-state index in [0.717, 1.165) is 31.4 Å². The predicted octanol–water partition coefficient (Wildman–Crippen LogP) is 0.263. The molecular formula is C13H21N3O3S. The third-order valence-electron chi connectivity index (χ3n) is 3.78. The van der Waals surface area contributed by atoms with E-state index < -0.39 is 10.0 Å². The zero-order chi connectivity index (χ0) is 14.8. The number of aliphatic hydroxyl groups is 1. The summed E-state index contributed by atoms with van der Waals surface area (Å²) in [5.41, 5.74) is 7.19. The summed E-state index contributed by atoms with van der Waals surface area (Å²) in [6.45, 7) is 1.67. The Bertz CT molecular complexity index is 574. The number of hydrogen-bond donors (Lipinski definition) is 3. The fraction of sp³-hybridized carbons (Fsp3) is 0.538. The van der Waals surface area contributed by atoms with Gasteiger partial charge in [0.05, 0.1) is 11.5 Å². The monoisotopic (exact) mass is 299 g/mol. The summed E-state index contributed by atoms with van der Waals surface area (Å²) < 4.78 is 22.5. The number of primary sulfonamides is 1. The minimum absolute atomic E-state index is 0.0242. The first kappa shape index (κ1) is 15.2. The molecule has 0 bridgehead atoms. The van der Waals surface area contributed by atoms with E-state index in [1.165, 1.54) is 12.1 Å². The van der Waals surface area contributed by atoms with Gasteiger partial charge in [-0.25, -0.2) is 13.6 Å². The maximum absolute atomic E-state index is 11.3. The largest absolute Gasteiger partial charge is 0.398 e. The van der Waals surface area contributed by atoms with Crippen LogP contribution in [-0.2, 0) is 16.6 Å². The molecule has 7 heteroatoms. The Morgan fingerprint density at radius 3 is 2.70 bits per heavy atom. The van der Waals surface area contributed by atoms with Crippen LogP contribution in [0.5, 0.6) is 0 Å². The van der Waals surface area contributed by atoms with Crippen LogP contribution in [0.3, 0.4) is 0 Å². The molecule has 1 atom stereocenters. The summed E-state index contributed by atoms with van der Waals surface area (Å²) >= 11 is 0. The maximum atomic E-state index is 11.3. The van der Waals surface area contributed by atoms with Crippen LogP contribution in [0.2, 0.25) is 0 Å². The van der Waals surface area contributed by atoms with E-state index in [-0.39, 0.29) is 17.5 Å². The highest BCUT2D eigenvalue weighted by Gasteiger charge is 2.22. The van der Waals surface area contributed by atoms with Gasteiger partial charge in [0.1, 0.15) is 0 Å². The molecular weight excluding hydrogens is 278 g/mol. The molecule has 0 aromatic heterocycles. The quantitative estimate of drug-likeness (QED) is 0.691. The van der Waals surface area contributed by atoms with Gasteiger partial charge in [0.2, 0.25) is 10.0 Å². The fourth-order valence-corrected chi connectivity index (χ4v) is 3.14. The number of nitrogen functional groups attached to an aromatic ring is 1. The van der Waals surface area contributed by atoms with Gasteiger partial charge >= 0.3 is 0 Å². The lowest BCUT2D eigenvalue weighted by molar-refractivity contribution is 0.0843. The molecule has 112 valence electrons. The lowest BCUT2D eigenvalue weighted by atomic mass is 10.0. The van der Waals surface area contributed by atoms with Crippen molar-refractivity contribution in [1.82, 2.24) is 4.90 Å². The van der Waals surface area contributed by atoms with Gasteiger partial charge in [0.25, 0.3) is 0 Å². The summed E-state index contributed by atoms with van der Waals surface area (Å²) in [5, 5.41) is 14.5. The van der Waals surface area contributed by atoms with Crippen molar-refractivity contribution in [3.05, 3.63) is 23.8 Å². The fourth-order valence-electron chi connectivity index (χ4n) is 2.59. The first-order chi connectivity index (χ1) is 9.41. The van der Waals surface area contributed by atoms with E-state index in [2.05, 4.69) is 4.90 Å². The van der Waals surface area contributed by atoms with Gasteiger partial charge in [-0.05, 0) is 37.1 Å². The van der Waals surface area contributed by atoms with Crippen molar-refractivity contribution in [3.63, 3.8) is 0 Å². The summed E-state index contributed by atoms with van der Waals surface area (Å²) in [6, 6.07) is 4.71. The number of hydrogen-bond acceptors (Lipinski definition) is 5. The standard InChI is InChI=1S/C13H21N3O3S/c14-13-7-12(20(15,18)19)5-4-10(13)8-16-6-2-1-3-11(16)9-17/h4-5,7,11,17H,1-3,6,8-9,14H2,(H2,15,18,19). The highest BCUT2D eigenvalue weighted by molar-refractivity contribution is 7.89. The van der Waals surface area contributed by atoms with Crippen molar-refractivity contribution < 1.29 is 13.5 Å². The van der Waals surface area contributed by atoms with Crippen LogP contribution in [-0.4, -0.2) is 37.6 Å². The van der Waals surface area contributed by atoms with E-state index in [9.17, 15) is 13.5 Å². The van der Waals surface area contributed by atoms with Crippen LogP contribution < -0.4 is 10.9 Å². The SMILES string of the molecule is Nc1cc(S(N)(=O)=O)ccc1CN1CCCCC1CO. The average molecular weight is 299 g/mol. The van der Waals surface area contributed by atoms with Crippen LogP contribution >= 0.6 is 0 Å². The van der Waals surface area contributed by atoms with Crippen LogP contribution in [0.15, 0.2) is 23.1 Å². The van der Waals surface area contributed by atoms with Gasteiger partial charge in [-0.2, -0.15) is 0 Å². The normalized spacial score (nSPS) is 21.0. The van der Waals surface area contributed by atoms with Gasteiger partial charge in [0, 0.05) is 18.3 Å². The van der Waals surface area contributed by atoms with E-state index >= 15 is 0 Å². The van der Waals surface area contributed by atoms with Crippen molar-refractivity contribution in [1.29, 1.82) is 0 Å². The zero-order valence-corrected chi connectivity index (χ0v) is 12.1. The Balaban J connectivity index is 2.17. The van der Waals surface area contributed by atoms with Crippen molar-refractivity contribution in [2.75, 3.05) is 18.9 Å². The molecule has 1 unspecified atom stereocenters. The highest BCUT2D eigenvalue weighted by Crippen LogP contribution is 2.23. The molecule has 20 heavy (non-hydrogen) atoms. The molecule has 1 aliphatic heterocycles. The predicted molar refractivity (Wildman–Crippen MR) is 77.4 cm³/mol. The molecule has 1 aromatic carbocycles. The number of aliphatic hydroxyl groups excluding tert-OH is 1. The van der Waals surface area contributed by atoms with E-state index in [0.29, 0.717) is 12.2 Å². The molecule has 0 amide bonds. The Morgan fingerprint density at radius 1 is 1.35 bits per heavy atom. The number of likely N-dealkylation sites (tertiary alicyclic amines) is 1. The van der Waals surface area contributed by atoms with Crippen LogP contribution in [0.25, 0.3) is 0 Å². The number of nitrogens with two attached hydrogens (primary N) is 2. The molecule has 1 aliphatic rings. The van der Waals surface area contributed by atoms with Gasteiger partial charge in [-0.15, -0.1) is 0 Å². The highest BCUT2D eigenvalue weighted by atomic mass is 32.2. The Kier molecular flexibility index (Phi) is 4.64. The molecule has 5 N–H and O–H groups in total. The molecule has 1 aromatic rings. The number of sulfonamides is 1. The van der Waals surface area contributed by atoms with Crippen molar-refractivity contribution in [2.45, 2.75) is 36.7 Å². The molecule has 0 saturated carbocycles. The van der Waals surface area contributed by atoms with Crippen LogP contribution in [0.4, 0.5) is 5.69 Å². The van der Waals surface area contributed by atoms with Crippen molar-refractivity contribution >= 4 is 15.7 Å². The Labute approximate surface area is 119 Å². The van der Waals surface area contributed by atoms with Gasteiger partial charge in [0.15, 0.2) is 0 Å². The average Bonchev–Trinajstić information content (AvgIpc) is 2.40. The zero-order valence-electron chi connectivity index (χ0n) is 11.3. The first-order valence-corrected chi connectivity index (χ1v) is 8.22. The second-order valence-corrected chi connectivity index (χ2v) is 6.77. The molecule has 1 fully saturated rings. The summed E-state index contributed by atoms with van der Waals surface area (Å²) in [6.07, 6.45) is 3.21. The first-order valence-electron chi connectivity index (χ1n) is 6.68. The van der Waals surface area contributed by atoms with Crippen molar-refractivity contribution in [2.24, 2.45) is 5.14 Å². The van der Waals surface area contributed by atoms with Crippen LogP contribution in [0.1, 0.15) is 24.8 Å². The molecule has 0 radical (unpaired) electrons. The van der Waals surface area contributed by atoms with E-state index in [4.69, 9.17) is 10.9 Å². The summed E-state index contributed by atoms with van der Waals surface area (Å²) in [4.78, 5) is 2.21. The maximum Gasteiger partial charge on any atom is 0.238 e. The Hall–Kier alpha value is -1.15. The van der Waals surface area contributed by atoms with Gasteiger partial charge < -0.3 is 10.8 Å². The minimum Gasteiger partial charge on any atom is -0.398 e. The molecule has 2 rings (SSSR count). The molecule has 6 nitrogen and oxygen atoms in total. The number of anilines is 1. The number of piperidine rings is 1. The minimum atomic E-state index is -3.72. The lowest BCUT2D eigenvalue weighted by Crippen LogP contribution is -2.41. The topological polar surface area (TPSA) is 110 Å². The smallest absolute Gasteiger partial charge is 0.238 e. The van der Waals surface area contributed by atoms with Gasteiger partial charge in [-0.1, -0.05) is 12.5 Å². The van der Waals surface area contributed by atoms with E-state index in [1.54, 1.807) is 6.07 Å². The van der Waals surface area contributed by atoms with E-state index in [1.807, 2.05) is 0 Å². The molecule has 0 aliphatic carbocycles. The number of benzene rings is 1. The third kappa shape index (κ3) is 3.49. The second-order valence-electron chi connectivity index (χ2n) is 5.21. The lowest BCUT2D eigenvalue weighted by Gasteiger charge is -2.34. The second kappa shape index (κ2) is 6.09. The molecule has 1 heterocycles. The Morgan fingerprint density at radius 2 is 2.10 bits per heavy atom. The number of rotatable bonds is 4. The third-order valence-corrected chi connectivity index (χ3v) is 4.69. The van der Waals surface area contributed by atoms with Crippen LogP contribution in [0, 0.1) is 0 Å². The summed E-state index contributed by atoms with van der Waals surface area (Å²) in [7, 11) is -3.72.